The van der Waals surface area contributed by atoms with Crippen molar-refractivity contribution in [1.29, 1.82) is 0 Å². The van der Waals surface area contributed by atoms with Crippen molar-refractivity contribution in [1.82, 2.24) is 10.3 Å². The van der Waals surface area contributed by atoms with Crippen molar-refractivity contribution in [2.75, 3.05) is 0 Å². The number of alkyl halides is 1. The molecule has 0 spiro atoms. The average molecular weight is 337 g/mol. The summed E-state index contributed by atoms with van der Waals surface area (Å²) in [6.45, 7) is 0.781. The summed E-state index contributed by atoms with van der Waals surface area (Å²) in [4.78, 5) is 5.50. The lowest BCUT2D eigenvalue weighted by atomic mass is 9.95. The summed E-state index contributed by atoms with van der Waals surface area (Å²) in [7, 11) is 0. The average Bonchev–Trinajstić information content (AvgIpc) is 3.02. The molecule has 0 bridgehead atoms. The highest BCUT2D eigenvalue weighted by Gasteiger charge is 2.15. The quantitative estimate of drug-likeness (QED) is 0.754. The molecule has 1 fully saturated rings. The molecule has 1 saturated carbocycles. The van der Waals surface area contributed by atoms with Gasteiger partial charge in [0, 0.05) is 23.4 Å². The van der Waals surface area contributed by atoms with Crippen LogP contribution >= 0.6 is 23.4 Å². The zero-order chi connectivity index (χ0) is 15.2. The van der Waals surface area contributed by atoms with Crippen LogP contribution < -0.4 is 5.32 Å². The standard InChI is InChI=1S/C17H21ClN2OS/c18-10-13-6-8-15(9-7-13)22-17-16(20-12-21-17)11-19-14-4-2-1-3-5-14/h6-9,12,14,19H,1-5,10-11H2. The van der Waals surface area contributed by atoms with Crippen LogP contribution in [0.3, 0.4) is 0 Å². The maximum Gasteiger partial charge on any atom is 0.189 e. The molecule has 0 radical (unpaired) electrons. The van der Waals surface area contributed by atoms with Crippen molar-refractivity contribution >= 4 is 23.4 Å². The Morgan fingerprint density at radius 3 is 2.68 bits per heavy atom. The lowest BCUT2D eigenvalue weighted by Crippen LogP contribution is -2.30. The first-order chi connectivity index (χ1) is 10.8. The third kappa shape index (κ3) is 4.28. The second-order valence-electron chi connectivity index (χ2n) is 5.68. The molecule has 0 saturated heterocycles. The molecule has 3 rings (SSSR count). The molecule has 1 aromatic heterocycles. The third-order valence-corrected chi connectivity index (χ3v) is 5.39. The normalized spacial score (nSPS) is 16.0. The fraction of sp³-hybridized carbons (Fsp3) is 0.471. The number of hydrogen-bond acceptors (Lipinski definition) is 4. The second-order valence-corrected chi connectivity index (χ2v) is 7.00. The fourth-order valence-corrected chi connectivity index (χ4v) is 3.76. The molecule has 1 heterocycles. The lowest BCUT2D eigenvalue weighted by Gasteiger charge is -2.22. The Kier molecular flexibility index (Phi) is 5.82. The number of rotatable bonds is 6. The van der Waals surface area contributed by atoms with Gasteiger partial charge in [0.1, 0.15) is 5.69 Å². The summed E-state index contributed by atoms with van der Waals surface area (Å²) in [5.41, 5.74) is 2.12. The van der Waals surface area contributed by atoms with E-state index in [4.69, 9.17) is 16.0 Å². The highest BCUT2D eigenvalue weighted by atomic mass is 35.5. The smallest absolute Gasteiger partial charge is 0.189 e. The summed E-state index contributed by atoms with van der Waals surface area (Å²) < 4.78 is 5.55. The highest BCUT2D eigenvalue weighted by Crippen LogP contribution is 2.30. The Balaban J connectivity index is 1.58. The van der Waals surface area contributed by atoms with Gasteiger partial charge >= 0.3 is 0 Å². The summed E-state index contributed by atoms with van der Waals surface area (Å²) in [5.74, 6) is 0.545. The summed E-state index contributed by atoms with van der Waals surface area (Å²) in [6, 6.07) is 8.87. The van der Waals surface area contributed by atoms with Crippen molar-refractivity contribution in [3.05, 3.63) is 41.9 Å². The first-order valence-corrected chi connectivity index (χ1v) is 9.19. The van der Waals surface area contributed by atoms with E-state index >= 15 is 0 Å². The molecule has 0 unspecified atom stereocenters. The Hall–Kier alpha value is -0.970. The second kappa shape index (κ2) is 8.04. The molecule has 0 amide bonds. The molecule has 1 aromatic carbocycles. The molecule has 1 aliphatic carbocycles. The Bertz CT molecular complexity index is 579. The number of benzene rings is 1. The monoisotopic (exact) mass is 336 g/mol. The summed E-state index contributed by atoms with van der Waals surface area (Å²) >= 11 is 7.43. The molecule has 2 aromatic rings. The van der Waals surface area contributed by atoms with Crippen LogP contribution in [0.2, 0.25) is 0 Å². The minimum absolute atomic E-state index is 0.545. The van der Waals surface area contributed by atoms with Crippen molar-refractivity contribution in [2.45, 2.75) is 60.6 Å². The van der Waals surface area contributed by atoms with Crippen LogP contribution in [-0.4, -0.2) is 11.0 Å². The SMILES string of the molecule is ClCc1ccc(Sc2ocnc2CNC2CCCCC2)cc1. The number of halogens is 1. The van der Waals surface area contributed by atoms with Gasteiger partial charge in [0.2, 0.25) is 0 Å². The molecule has 1 N–H and O–H groups in total. The van der Waals surface area contributed by atoms with E-state index in [2.05, 4.69) is 22.4 Å². The number of oxazole rings is 1. The van der Waals surface area contributed by atoms with Crippen LogP contribution in [0.4, 0.5) is 0 Å². The lowest BCUT2D eigenvalue weighted by molar-refractivity contribution is 0.368. The number of nitrogens with one attached hydrogen (secondary N) is 1. The highest BCUT2D eigenvalue weighted by molar-refractivity contribution is 7.99. The van der Waals surface area contributed by atoms with Crippen LogP contribution in [-0.2, 0) is 12.4 Å². The zero-order valence-corrected chi connectivity index (χ0v) is 14.1. The van der Waals surface area contributed by atoms with Crippen LogP contribution in [0.5, 0.6) is 0 Å². The van der Waals surface area contributed by atoms with Gasteiger partial charge in [0.25, 0.3) is 0 Å². The van der Waals surface area contributed by atoms with Crippen LogP contribution in [0.25, 0.3) is 0 Å². The van der Waals surface area contributed by atoms with E-state index in [-0.39, 0.29) is 0 Å². The van der Waals surface area contributed by atoms with Gasteiger partial charge in [-0.15, -0.1) is 11.6 Å². The summed E-state index contributed by atoms with van der Waals surface area (Å²) in [6.07, 6.45) is 8.14. The molecule has 1 aliphatic rings. The molecule has 5 heteroatoms. The van der Waals surface area contributed by atoms with Crippen molar-refractivity contribution in [3.63, 3.8) is 0 Å². The van der Waals surface area contributed by atoms with Crippen LogP contribution in [0, 0.1) is 0 Å². The number of nitrogens with zero attached hydrogens (tertiary/aromatic N) is 1. The molecule has 22 heavy (non-hydrogen) atoms. The Morgan fingerprint density at radius 1 is 1.18 bits per heavy atom. The minimum atomic E-state index is 0.545. The van der Waals surface area contributed by atoms with Gasteiger partial charge < -0.3 is 9.73 Å². The van der Waals surface area contributed by atoms with Gasteiger partial charge in [-0.3, -0.25) is 0 Å². The van der Waals surface area contributed by atoms with Crippen LogP contribution in [0.1, 0.15) is 43.4 Å². The number of aromatic nitrogens is 1. The van der Waals surface area contributed by atoms with E-state index in [1.165, 1.54) is 38.5 Å². The Morgan fingerprint density at radius 2 is 1.95 bits per heavy atom. The van der Waals surface area contributed by atoms with Gasteiger partial charge in [-0.05, 0) is 30.5 Å². The minimum Gasteiger partial charge on any atom is -0.437 e. The first kappa shape index (κ1) is 15.9. The predicted octanol–water partition coefficient (Wildman–Crippen LogP) is 4.99. The van der Waals surface area contributed by atoms with Crippen molar-refractivity contribution < 1.29 is 4.42 Å². The van der Waals surface area contributed by atoms with Gasteiger partial charge in [0.05, 0.1) is 0 Å². The molecule has 118 valence electrons. The largest absolute Gasteiger partial charge is 0.437 e. The van der Waals surface area contributed by atoms with Crippen molar-refractivity contribution in [3.8, 4) is 0 Å². The van der Waals surface area contributed by atoms with Gasteiger partial charge in [0.15, 0.2) is 11.5 Å². The van der Waals surface area contributed by atoms with Gasteiger partial charge in [-0.2, -0.15) is 0 Å². The third-order valence-electron chi connectivity index (χ3n) is 4.06. The van der Waals surface area contributed by atoms with E-state index < -0.39 is 0 Å². The molecule has 0 atom stereocenters. The maximum absolute atomic E-state index is 5.82. The van der Waals surface area contributed by atoms with Crippen molar-refractivity contribution in [2.24, 2.45) is 0 Å². The molecular weight excluding hydrogens is 316 g/mol. The van der Waals surface area contributed by atoms with E-state index in [1.54, 1.807) is 11.8 Å². The maximum atomic E-state index is 5.82. The fourth-order valence-electron chi connectivity index (χ4n) is 2.76. The number of hydrogen-bond donors (Lipinski definition) is 1. The molecule has 0 aliphatic heterocycles. The van der Waals surface area contributed by atoms with E-state index in [0.29, 0.717) is 11.9 Å². The summed E-state index contributed by atoms with van der Waals surface area (Å²) in [5, 5.41) is 4.49. The zero-order valence-electron chi connectivity index (χ0n) is 12.6. The topological polar surface area (TPSA) is 38.1 Å². The van der Waals surface area contributed by atoms with Gasteiger partial charge in [-0.25, -0.2) is 4.98 Å². The van der Waals surface area contributed by atoms with E-state index in [0.717, 1.165) is 27.8 Å². The Labute approximate surface area is 140 Å². The van der Waals surface area contributed by atoms with Crippen LogP contribution in [0.15, 0.2) is 45.1 Å². The van der Waals surface area contributed by atoms with E-state index in [9.17, 15) is 0 Å². The molecule has 3 nitrogen and oxygen atoms in total. The molecular formula is C17H21ClN2OS. The predicted molar refractivity (Wildman–Crippen MR) is 90.3 cm³/mol. The first-order valence-electron chi connectivity index (χ1n) is 7.83. The van der Waals surface area contributed by atoms with Gasteiger partial charge in [-0.1, -0.05) is 43.2 Å². The van der Waals surface area contributed by atoms with E-state index in [1.807, 2.05) is 12.1 Å².